The van der Waals surface area contributed by atoms with E-state index in [4.69, 9.17) is 0 Å². The first-order chi connectivity index (χ1) is 14.6. The van der Waals surface area contributed by atoms with Crippen LogP contribution in [-0.4, -0.2) is 48.5 Å². The highest BCUT2D eigenvalue weighted by Gasteiger charge is 2.28. The van der Waals surface area contributed by atoms with E-state index in [0.29, 0.717) is 5.91 Å². The number of halogens is 1. The summed E-state index contributed by atoms with van der Waals surface area (Å²) in [6.45, 7) is 7.44. The Balaban J connectivity index is 0.00000480. The summed E-state index contributed by atoms with van der Waals surface area (Å²) < 4.78 is 1.05. The molecule has 178 valence electrons. The lowest BCUT2D eigenvalue weighted by Gasteiger charge is -2.33. The first-order valence-electron chi connectivity index (χ1n) is 12.8. The normalized spacial score (nSPS) is 19.0. The number of rotatable bonds is 14. The van der Waals surface area contributed by atoms with Gasteiger partial charge in [-0.05, 0) is 6.42 Å². The minimum atomic E-state index is 0. The topological polar surface area (TPSA) is 20.3 Å². The Morgan fingerprint density at radius 1 is 0.839 bits per heavy atom. The molecule has 1 amide bonds. The van der Waals surface area contributed by atoms with Gasteiger partial charge in [0.25, 0.3) is 0 Å². The number of carbonyl (C=O) groups excluding carboxylic acids is 1. The van der Waals surface area contributed by atoms with Crippen LogP contribution in [0.2, 0.25) is 0 Å². The number of hydrogen-bond acceptors (Lipinski definition) is 1. The van der Waals surface area contributed by atoms with Gasteiger partial charge in [-0.1, -0.05) is 101 Å². The highest BCUT2D eigenvalue weighted by Crippen LogP contribution is 2.18. The monoisotopic (exact) mass is 494 g/mol. The molecule has 1 aromatic rings. The highest BCUT2D eigenvalue weighted by molar-refractivity contribution is 5.76. The lowest BCUT2D eigenvalue weighted by atomic mass is 10.1. The fourth-order valence-corrected chi connectivity index (χ4v) is 4.76. The van der Waals surface area contributed by atoms with Crippen molar-refractivity contribution in [2.75, 3.05) is 33.2 Å². The van der Waals surface area contributed by atoms with Gasteiger partial charge in [0.2, 0.25) is 5.91 Å². The van der Waals surface area contributed by atoms with Gasteiger partial charge in [-0.3, -0.25) is 4.79 Å². The van der Waals surface area contributed by atoms with E-state index in [1.54, 1.807) is 0 Å². The average molecular weight is 496 g/mol. The zero-order chi connectivity index (χ0) is 21.5. The summed E-state index contributed by atoms with van der Waals surface area (Å²) in [5, 5.41) is 0. The van der Waals surface area contributed by atoms with E-state index in [1.807, 2.05) is 0 Å². The SMILES string of the molecule is CCCCCCCCCCCCCC(=O)N1CCC[N+](C)(Cc2ccccc2)CC1.[Br-]. The van der Waals surface area contributed by atoms with Crippen molar-refractivity contribution in [3.8, 4) is 0 Å². The maximum absolute atomic E-state index is 12.7. The first-order valence-corrected chi connectivity index (χ1v) is 12.8. The van der Waals surface area contributed by atoms with Gasteiger partial charge in [-0.2, -0.15) is 0 Å². The summed E-state index contributed by atoms with van der Waals surface area (Å²) in [4.78, 5) is 14.8. The third-order valence-electron chi connectivity index (χ3n) is 6.79. The third-order valence-corrected chi connectivity index (χ3v) is 6.79. The van der Waals surface area contributed by atoms with Crippen LogP contribution in [0.4, 0.5) is 0 Å². The van der Waals surface area contributed by atoms with Crippen LogP contribution in [0.3, 0.4) is 0 Å². The van der Waals surface area contributed by atoms with Crippen molar-refractivity contribution in [2.24, 2.45) is 0 Å². The van der Waals surface area contributed by atoms with Gasteiger partial charge >= 0.3 is 0 Å². The van der Waals surface area contributed by atoms with E-state index < -0.39 is 0 Å². The summed E-state index contributed by atoms with van der Waals surface area (Å²) in [5.74, 6) is 0.388. The zero-order valence-electron chi connectivity index (χ0n) is 20.3. The van der Waals surface area contributed by atoms with Crippen LogP contribution >= 0.6 is 0 Å². The molecule has 0 aromatic heterocycles. The highest BCUT2D eigenvalue weighted by atomic mass is 79.9. The quantitative estimate of drug-likeness (QED) is 0.286. The molecule has 0 aliphatic carbocycles. The number of unbranched alkanes of at least 4 members (excludes halogenated alkanes) is 10. The number of quaternary nitrogens is 1. The molecule has 2 rings (SSSR count). The molecule has 0 saturated carbocycles. The molecule has 1 saturated heterocycles. The molecule has 0 N–H and O–H groups in total. The van der Waals surface area contributed by atoms with Crippen LogP contribution in [-0.2, 0) is 11.3 Å². The van der Waals surface area contributed by atoms with Gasteiger partial charge in [-0.15, -0.1) is 0 Å². The van der Waals surface area contributed by atoms with Crippen molar-refractivity contribution in [3.63, 3.8) is 0 Å². The van der Waals surface area contributed by atoms with Crippen molar-refractivity contribution in [1.29, 1.82) is 0 Å². The minimum absolute atomic E-state index is 0. The Bertz CT molecular complexity index is 580. The molecule has 0 bridgehead atoms. The second-order valence-electron chi connectivity index (χ2n) is 9.73. The van der Waals surface area contributed by atoms with Gasteiger partial charge in [0, 0.05) is 24.9 Å². The van der Waals surface area contributed by atoms with Gasteiger partial charge in [-0.25, -0.2) is 0 Å². The number of benzene rings is 1. The molecule has 1 aliphatic heterocycles. The van der Waals surface area contributed by atoms with Crippen LogP contribution < -0.4 is 17.0 Å². The van der Waals surface area contributed by atoms with Crippen LogP contribution in [0, 0.1) is 0 Å². The van der Waals surface area contributed by atoms with Crippen LogP contribution in [0.15, 0.2) is 30.3 Å². The van der Waals surface area contributed by atoms with Crippen LogP contribution in [0.5, 0.6) is 0 Å². The van der Waals surface area contributed by atoms with E-state index in [1.165, 1.54) is 69.8 Å². The predicted molar refractivity (Wildman–Crippen MR) is 128 cm³/mol. The maximum Gasteiger partial charge on any atom is 0.222 e. The molecule has 31 heavy (non-hydrogen) atoms. The van der Waals surface area contributed by atoms with Gasteiger partial charge in [0.15, 0.2) is 0 Å². The van der Waals surface area contributed by atoms with Crippen molar-refractivity contribution in [3.05, 3.63) is 35.9 Å². The van der Waals surface area contributed by atoms with E-state index in [-0.39, 0.29) is 17.0 Å². The molecule has 1 aliphatic rings. The fraction of sp³-hybridized carbons (Fsp3) is 0.741. The fourth-order valence-electron chi connectivity index (χ4n) is 4.76. The number of nitrogens with zero attached hydrogens (tertiary/aromatic N) is 2. The summed E-state index contributed by atoms with van der Waals surface area (Å²) in [5.41, 5.74) is 1.40. The lowest BCUT2D eigenvalue weighted by Crippen LogP contribution is -3.00. The largest absolute Gasteiger partial charge is 1.00 e. The minimum Gasteiger partial charge on any atom is -1.00 e. The Labute approximate surface area is 202 Å². The number of amides is 1. The van der Waals surface area contributed by atoms with Crippen molar-refractivity contribution < 1.29 is 26.3 Å². The number of likely N-dealkylation sites (N-methyl/N-ethyl adjacent to an activating group) is 1. The third kappa shape index (κ3) is 12.1. The Morgan fingerprint density at radius 2 is 1.42 bits per heavy atom. The first kappa shape index (κ1) is 28.2. The predicted octanol–water partition coefficient (Wildman–Crippen LogP) is 3.57. The lowest BCUT2D eigenvalue weighted by molar-refractivity contribution is -0.920. The number of hydrogen-bond donors (Lipinski definition) is 0. The molecule has 4 heteroatoms. The molecule has 0 radical (unpaired) electrons. The smallest absolute Gasteiger partial charge is 0.222 e. The molecular formula is C27H47BrN2O. The Kier molecular flexibility index (Phi) is 15.2. The second kappa shape index (κ2) is 16.7. The van der Waals surface area contributed by atoms with E-state index in [2.05, 4.69) is 49.2 Å². The number of carbonyl (C=O) groups is 1. The molecule has 1 atom stereocenters. The van der Waals surface area contributed by atoms with Crippen molar-refractivity contribution >= 4 is 5.91 Å². The summed E-state index contributed by atoms with van der Waals surface area (Å²) in [6, 6.07) is 10.8. The van der Waals surface area contributed by atoms with Crippen molar-refractivity contribution in [1.82, 2.24) is 4.90 Å². The molecule has 1 unspecified atom stereocenters. The summed E-state index contributed by atoms with van der Waals surface area (Å²) >= 11 is 0. The molecular weight excluding hydrogens is 448 g/mol. The van der Waals surface area contributed by atoms with Gasteiger partial charge in [0.05, 0.1) is 26.7 Å². The van der Waals surface area contributed by atoms with Crippen molar-refractivity contribution in [2.45, 2.75) is 96.9 Å². The Morgan fingerprint density at radius 3 is 2.03 bits per heavy atom. The molecule has 3 nitrogen and oxygen atoms in total. The second-order valence-corrected chi connectivity index (χ2v) is 9.73. The summed E-state index contributed by atoms with van der Waals surface area (Å²) in [6.07, 6.45) is 16.6. The van der Waals surface area contributed by atoms with Crippen LogP contribution in [0.1, 0.15) is 96.0 Å². The van der Waals surface area contributed by atoms with Crippen LogP contribution in [0.25, 0.3) is 0 Å². The molecule has 0 spiro atoms. The molecule has 1 heterocycles. The standard InChI is InChI=1S/C27H47N2O.BrH/c1-3-4-5-6-7-8-9-10-11-12-16-20-27(30)28-21-17-23-29(2,24-22-28)25-26-18-14-13-15-19-26;/h13-15,18-19H,3-12,16-17,20-25H2,1-2H3;1H/q+1;/p-1. The van der Waals surface area contributed by atoms with E-state index in [0.717, 1.165) is 56.5 Å². The summed E-state index contributed by atoms with van der Waals surface area (Å²) in [7, 11) is 2.35. The van der Waals surface area contributed by atoms with Gasteiger partial charge in [0.1, 0.15) is 6.54 Å². The van der Waals surface area contributed by atoms with E-state index >= 15 is 0 Å². The molecule has 1 aromatic carbocycles. The van der Waals surface area contributed by atoms with Gasteiger partial charge < -0.3 is 26.4 Å². The van der Waals surface area contributed by atoms with E-state index in [9.17, 15) is 4.79 Å². The molecule has 1 fully saturated rings. The average Bonchev–Trinajstić information content (AvgIpc) is 2.94. The maximum atomic E-state index is 12.7. The zero-order valence-corrected chi connectivity index (χ0v) is 21.9. The Hall–Kier alpha value is -0.870.